The largest absolute Gasteiger partial charge is 0.309 e. The molecule has 1 heterocycles. The molecule has 3 aromatic rings. The van der Waals surface area contributed by atoms with Crippen molar-refractivity contribution in [2.75, 3.05) is 12.4 Å². The summed E-state index contributed by atoms with van der Waals surface area (Å²) in [7, 11) is 1.78. The van der Waals surface area contributed by atoms with Crippen LogP contribution in [0.4, 0.5) is 9.52 Å². The van der Waals surface area contributed by atoms with Crippen LogP contribution in [-0.2, 0) is 4.79 Å². The van der Waals surface area contributed by atoms with Gasteiger partial charge >= 0.3 is 0 Å². The van der Waals surface area contributed by atoms with Crippen LogP contribution in [0.2, 0.25) is 0 Å². The fraction of sp³-hybridized carbons (Fsp3) is 0.333. The molecule has 0 aliphatic heterocycles. The van der Waals surface area contributed by atoms with Crippen molar-refractivity contribution in [1.29, 1.82) is 0 Å². The maximum atomic E-state index is 13.3. The molecule has 1 unspecified atom stereocenters. The molecule has 0 radical (unpaired) electrons. The molecule has 24 heavy (non-hydrogen) atoms. The highest BCUT2D eigenvalue weighted by atomic mass is 32.1. The van der Waals surface area contributed by atoms with Gasteiger partial charge in [-0.25, -0.2) is 9.37 Å². The molecule has 0 aliphatic rings. The molecule has 0 saturated heterocycles. The molecule has 1 amide bonds. The smallest absolute Gasteiger partial charge is 0.243 e. The molecule has 0 saturated carbocycles. The van der Waals surface area contributed by atoms with Gasteiger partial charge in [0, 0.05) is 5.39 Å². The van der Waals surface area contributed by atoms with E-state index in [4.69, 9.17) is 0 Å². The number of amides is 1. The number of likely N-dealkylation sites (N-methyl/N-ethyl adjacent to an activating group) is 1. The number of nitrogens with zero attached hydrogens (tertiary/aromatic N) is 1. The number of carbonyl (C=O) groups excluding carboxylic acids is 1. The first-order chi connectivity index (χ1) is 11.1. The molecular formula is C18H22FN3OS. The second-order valence-corrected chi connectivity index (χ2v) is 6.42. The zero-order valence-electron chi connectivity index (χ0n) is 13.0. The van der Waals surface area contributed by atoms with E-state index >= 15 is 0 Å². The summed E-state index contributed by atoms with van der Waals surface area (Å²) in [4.78, 5) is 16.7. The zero-order chi connectivity index (χ0) is 16.4. The standard InChI is InChI=1S/C17H18FN3OS.CH4/c1-3-4-14(19-2)16(22)21-17-20-13-8-5-10-9-11(18)6-7-12(10)15(13)23-17;/h5-9,14,19H,3-4H2,1-2H3,(H,20,21,22);1H4. The average Bonchev–Trinajstić information content (AvgIpc) is 2.94. The summed E-state index contributed by atoms with van der Waals surface area (Å²) in [6, 6.07) is 8.18. The van der Waals surface area contributed by atoms with Gasteiger partial charge in [0.1, 0.15) is 5.82 Å². The van der Waals surface area contributed by atoms with Crippen LogP contribution >= 0.6 is 11.3 Å². The molecule has 3 rings (SSSR count). The van der Waals surface area contributed by atoms with Gasteiger partial charge in [0.25, 0.3) is 0 Å². The first-order valence-corrected chi connectivity index (χ1v) is 8.41. The van der Waals surface area contributed by atoms with Gasteiger partial charge in [0.15, 0.2) is 5.13 Å². The Morgan fingerprint density at radius 3 is 2.83 bits per heavy atom. The second-order valence-electron chi connectivity index (χ2n) is 5.42. The number of thiazole rings is 1. The molecule has 0 bridgehead atoms. The number of fused-ring (bicyclic) bond motifs is 3. The Kier molecular flexibility index (Phi) is 5.85. The molecule has 2 N–H and O–H groups in total. The SMILES string of the molecule is C.CCCC(NC)C(=O)Nc1nc2ccc3cc(F)ccc3c2s1. The summed E-state index contributed by atoms with van der Waals surface area (Å²) in [5, 5.41) is 8.24. The third-order valence-corrected chi connectivity index (χ3v) is 4.82. The molecule has 1 aromatic heterocycles. The Bertz CT molecular complexity index is 862. The normalized spacial score (nSPS) is 12.1. The average molecular weight is 347 g/mol. The summed E-state index contributed by atoms with van der Waals surface area (Å²) >= 11 is 1.41. The molecule has 4 nitrogen and oxygen atoms in total. The van der Waals surface area contributed by atoms with Crippen LogP contribution in [0.1, 0.15) is 27.2 Å². The molecule has 128 valence electrons. The van der Waals surface area contributed by atoms with E-state index in [-0.39, 0.29) is 25.2 Å². The summed E-state index contributed by atoms with van der Waals surface area (Å²) < 4.78 is 14.3. The Morgan fingerprint density at radius 2 is 2.12 bits per heavy atom. The number of halogens is 1. The lowest BCUT2D eigenvalue weighted by atomic mass is 10.1. The molecule has 0 spiro atoms. The lowest BCUT2D eigenvalue weighted by molar-refractivity contribution is -0.118. The number of benzene rings is 2. The Hall–Kier alpha value is -2.05. The van der Waals surface area contributed by atoms with Crippen LogP contribution in [0.3, 0.4) is 0 Å². The van der Waals surface area contributed by atoms with Gasteiger partial charge in [-0.15, -0.1) is 0 Å². The zero-order valence-corrected chi connectivity index (χ0v) is 13.8. The number of nitrogens with one attached hydrogen (secondary N) is 2. The van der Waals surface area contributed by atoms with Crippen molar-refractivity contribution in [2.24, 2.45) is 0 Å². The Balaban J connectivity index is 0.00000208. The topological polar surface area (TPSA) is 54.0 Å². The van der Waals surface area contributed by atoms with Crippen LogP contribution in [0.15, 0.2) is 30.3 Å². The molecule has 0 fully saturated rings. The van der Waals surface area contributed by atoms with Crippen LogP contribution in [0.25, 0.3) is 21.0 Å². The third-order valence-electron chi connectivity index (χ3n) is 3.80. The van der Waals surface area contributed by atoms with Crippen LogP contribution in [0, 0.1) is 5.82 Å². The van der Waals surface area contributed by atoms with Gasteiger partial charge in [0.2, 0.25) is 5.91 Å². The van der Waals surface area contributed by atoms with Crippen molar-refractivity contribution < 1.29 is 9.18 Å². The van der Waals surface area contributed by atoms with E-state index < -0.39 is 0 Å². The quantitative estimate of drug-likeness (QED) is 0.712. The minimum atomic E-state index is -0.258. The summed E-state index contributed by atoms with van der Waals surface area (Å²) in [5.41, 5.74) is 0.806. The van der Waals surface area contributed by atoms with E-state index in [1.54, 1.807) is 13.1 Å². The lowest BCUT2D eigenvalue weighted by Gasteiger charge is -2.13. The molecule has 1 atom stereocenters. The van der Waals surface area contributed by atoms with Crippen LogP contribution < -0.4 is 10.6 Å². The maximum absolute atomic E-state index is 13.3. The van der Waals surface area contributed by atoms with Crippen LogP contribution in [0.5, 0.6) is 0 Å². The van der Waals surface area contributed by atoms with Crippen molar-refractivity contribution in [1.82, 2.24) is 10.3 Å². The molecule has 6 heteroatoms. The van der Waals surface area contributed by atoms with E-state index in [2.05, 4.69) is 15.6 Å². The van der Waals surface area contributed by atoms with E-state index in [0.29, 0.717) is 5.13 Å². The van der Waals surface area contributed by atoms with Crippen molar-refractivity contribution in [3.63, 3.8) is 0 Å². The molecule has 0 aliphatic carbocycles. The Labute approximate surface area is 145 Å². The van der Waals surface area contributed by atoms with Gasteiger partial charge in [-0.3, -0.25) is 4.79 Å². The number of rotatable bonds is 5. The highest BCUT2D eigenvalue weighted by molar-refractivity contribution is 7.23. The minimum Gasteiger partial charge on any atom is -0.309 e. The predicted octanol–water partition coefficient (Wildman–Crippen LogP) is 4.55. The van der Waals surface area contributed by atoms with Crippen LogP contribution in [-0.4, -0.2) is 24.0 Å². The number of anilines is 1. The lowest BCUT2D eigenvalue weighted by Crippen LogP contribution is -2.38. The van der Waals surface area contributed by atoms with Gasteiger partial charge in [-0.2, -0.15) is 0 Å². The maximum Gasteiger partial charge on any atom is 0.243 e. The summed E-state index contributed by atoms with van der Waals surface area (Å²) in [6.45, 7) is 2.04. The van der Waals surface area contributed by atoms with Crippen molar-refractivity contribution in [3.8, 4) is 0 Å². The summed E-state index contributed by atoms with van der Waals surface area (Å²) in [6.07, 6.45) is 1.70. The number of hydrogen-bond donors (Lipinski definition) is 2. The summed E-state index contributed by atoms with van der Waals surface area (Å²) in [5.74, 6) is -0.338. The third kappa shape index (κ3) is 3.55. The van der Waals surface area contributed by atoms with E-state index in [9.17, 15) is 9.18 Å². The fourth-order valence-corrected chi connectivity index (χ4v) is 3.63. The monoisotopic (exact) mass is 347 g/mol. The van der Waals surface area contributed by atoms with Crippen molar-refractivity contribution >= 4 is 43.4 Å². The number of aromatic nitrogens is 1. The van der Waals surface area contributed by atoms with E-state index in [1.165, 1.54) is 23.5 Å². The number of carbonyl (C=O) groups is 1. The molecular weight excluding hydrogens is 325 g/mol. The predicted molar refractivity (Wildman–Crippen MR) is 100 cm³/mol. The van der Waals surface area contributed by atoms with Gasteiger partial charge < -0.3 is 10.6 Å². The van der Waals surface area contributed by atoms with E-state index in [1.807, 2.05) is 19.1 Å². The highest BCUT2D eigenvalue weighted by Gasteiger charge is 2.17. The van der Waals surface area contributed by atoms with Crippen molar-refractivity contribution in [3.05, 3.63) is 36.1 Å². The van der Waals surface area contributed by atoms with E-state index in [0.717, 1.165) is 33.8 Å². The fourth-order valence-electron chi connectivity index (χ4n) is 2.63. The Morgan fingerprint density at radius 1 is 1.33 bits per heavy atom. The molecule has 2 aromatic carbocycles. The first kappa shape index (κ1) is 18.3. The number of hydrogen-bond acceptors (Lipinski definition) is 4. The van der Waals surface area contributed by atoms with Crippen molar-refractivity contribution in [2.45, 2.75) is 33.2 Å². The first-order valence-electron chi connectivity index (χ1n) is 7.59. The second kappa shape index (κ2) is 7.68. The van der Waals surface area contributed by atoms with Gasteiger partial charge in [-0.05, 0) is 43.1 Å². The minimum absolute atomic E-state index is 0. The van der Waals surface area contributed by atoms with Gasteiger partial charge in [-0.1, -0.05) is 38.2 Å². The highest BCUT2D eigenvalue weighted by Crippen LogP contribution is 2.33. The van der Waals surface area contributed by atoms with Gasteiger partial charge in [0.05, 0.1) is 16.3 Å².